The van der Waals surface area contributed by atoms with Crippen LogP contribution >= 0.6 is 0 Å². The first-order valence-electron chi connectivity index (χ1n) is 6.95. The number of amides is 1. The van der Waals surface area contributed by atoms with Crippen molar-refractivity contribution in [1.29, 1.82) is 0 Å². The van der Waals surface area contributed by atoms with Crippen molar-refractivity contribution in [3.63, 3.8) is 0 Å². The zero-order chi connectivity index (χ0) is 14.5. The van der Waals surface area contributed by atoms with Crippen molar-refractivity contribution >= 4 is 5.91 Å². The molecule has 0 saturated carbocycles. The Hall–Kier alpha value is -1.75. The summed E-state index contributed by atoms with van der Waals surface area (Å²) in [5.41, 5.74) is 1.01. The third kappa shape index (κ3) is 3.22. The standard InChI is InChI=1S/C15H22N2O3/c1-4-16-10-11-9-12(19-3)5-6-13(11)20-14-7-8-17(2)15(14)18/h5-6,9,14,16H,4,7-8,10H2,1-3H3. The quantitative estimate of drug-likeness (QED) is 0.855. The van der Waals surface area contributed by atoms with E-state index >= 15 is 0 Å². The molecule has 110 valence electrons. The summed E-state index contributed by atoms with van der Waals surface area (Å²) < 4.78 is 11.1. The molecule has 1 aliphatic rings. The van der Waals surface area contributed by atoms with Crippen molar-refractivity contribution in [3.8, 4) is 11.5 Å². The molecule has 1 amide bonds. The van der Waals surface area contributed by atoms with E-state index in [9.17, 15) is 4.79 Å². The predicted molar refractivity (Wildman–Crippen MR) is 77.0 cm³/mol. The second-order valence-electron chi connectivity index (χ2n) is 4.91. The number of benzene rings is 1. The summed E-state index contributed by atoms with van der Waals surface area (Å²) in [6.45, 7) is 4.37. The van der Waals surface area contributed by atoms with Gasteiger partial charge in [-0.2, -0.15) is 0 Å². The van der Waals surface area contributed by atoms with Crippen LogP contribution in [0.4, 0.5) is 0 Å². The monoisotopic (exact) mass is 278 g/mol. The van der Waals surface area contributed by atoms with Gasteiger partial charge >= 0.3 is 0 Å². The van der Waals surface area contributed by atoms with Gasteiger partial charge in [-0.3, -0.25) is 4.79 Å². The number of carbonyl (C=O) groups is 1. The number of rotatable bonds is 6. The minimum absolute atomic E-state index is 0.0511. The predicted octanol–water partition coefficient (Wildman–Crippen LogP) is 1.41. The van der Waals surface area contributed by atoms with Crippen LogP contribution in [-0.4, -0.2) is 44.2 Å². The fraction of sp³-hybridized carbons (Fsp3) is 0.533. The first-order chi connectivity index (χ1) is 9.65. The number of nitrogens with one attached hydrogen (secondary N) is 1. The fourth-order valence-electron chi connectivity index (χ4n) is 2.25. The van der Waals surface area contributed by atoms with Crippen LogP contribution in [0.2, 0.25) is 0 Å². The van der Waals surface area contributed by atoms with Crippen molar-refractivity contribution in [3.05, 3.63) is 23.8 Å². The summed E-state index contributed by atoms with van der Waals surface area (Å²) in [6.07, 6.45) is 0.371. The van der Waals surface area contributed by atoms with E-state index in [0.717, 1.165) is 36.6 Å². The minimum atomic E-state index is -0.367. The maximum absolute atomic E-state index is 11.9. The van der Waals surface area contributed by atoms with Gasteiger partial charge in [-0.25, -0.2) is 0 Å². The lowest BCUT2D eigenvalue weighted by atomic mass is 10.1. The third-order valence-corrected chi connectivity index (χ3v) is 3.48. The molecule has 1 fully saturated rings. The topological polar surface area (TPSA) is 50.8 Å². The Bertz CT molecular complexity index is 476. The highest BCUT2D eigenvalue weighted by molar-refractivity contribution is 5.83. The van der Waals surface area contributed by atoms with E-state index < -0.39 is 0 Å². The van der Waals surface area contributed by atoms with Crippen LogP contribution in [0.15, 0.2) is 18.2 Å². The number of ether oxygens (including phenoxy) is 2. The summed E-state index contributed by atoms with van der Waals surface area (Å²) in [5, 5.41) is 3.27. The molecule has 0 aliphatic carbocycles. The van der Waals surface area contributed by atoms with E-state index in [2.05, 4.69) is 12.2 Å². The van der Waals surface area contributed by atoms with Gasteiger partial charge in [0.15, 0.2) is 6.10 Å². The Labute approximate surface area is 119 Å². The van der Waals surface area contributed by atoms with E-state index in [0.29, 0.717) is 6.54 Å². The van der Waals surface area contributed by atoms with Gasteiger partial charge in [-0.1, -0.05) is 6.92 Å². The molecule has 1 saturated heterocycles. The largest absolute Gasteiger partial charge is 0.497 e. The molecule has 0 radical (unpaired) electrons. The smallest absolute Gasteiger partial charge is 0.263 e. The number of carbonyl (C=O) groups excluding carboxylic acids is 1. The van der Waals surface area contributed by atoms with Crippen molar-refractivity contribution in [2.75, 3.05) is 27.2 Å². The van der Waals surface area contributed by atoms with Gasteiger partial charge in [0.25, 0.3) is 5.91 Å². The molecule has 5 nitrogen and oxygen atoms in total. The zero-order valence-corrected chi connectivity index (χ0v) is 12.3. The van der Waals surface area contributed by atoms with Crippen LogP contribution in [0.5, 0.6) is 11.5 Å². The zero-order valence-electron chi connectivity index (χ0n) is 12.3. The highest BCUT2D eigenvalue weighted by Crippen LogP contribution is 2.27. The first-order valence-corrected chi connectivity index (χ1v) is 6.95. The maximum Gasteiger partial charge on any atom is 0.263 e. The molecule has 5 heteroatoms. The van der Waals surface area contributed by atoms with Gasteiger partial charge in [0, 0.05) is 32.1 Å². The minimum Gasteiger partial charge on any atom is -0.497 e. The van der Waals surface area contributed by atoms with Crippen LogP contribution in [0, 0.1) is 0 Å². The molecular weight excluding hydrogens is 256 g/mol. The number of nitrogens with zero attached hydrogens (tertiary/aromatic N) is 1. The van der Waals surface area contributed by atoms with E-state index in [1.165, 1.54) is 0 Å². The van der Waals surface area contributed by atoms with Crippen molar-refractivity contribution < 1.29 is 14.3 Å². The van der Waals surface area contributed by atoms with E-state index in [4.69, 9.17) is 9.47 Å². The molecule has 0 spiro atoms. The van der Waals surface area contributed by atoms with Gasteiger partial charge < -0.3 is 19.7 Å². The lowest BCUT2D eigenvalue weighted by molar-refractivity contribution is -0.132. The van der Waals surface area contributed by atoms with Crippen LogP contribution in [0.3, 0.4) is 0 Å². The molecule has 0 bridgehead atoms. The van der Waals surface area contributed by atoms with Gasteiger partial charge in [0.05, 0.1) is 7.11 Å². The molecule has 1 N–H and O–H groups in total. The van der Waals surface area contributed by atoms with Crippen LogP contribution in [0.1, 0.15) is 18.9 Å². The molecule has 0 aromatic heterocycles. The Morgan fingerprint density at radius 3 is 2.85 bits per heavy atom. The molecule has 1 aromatic rings. The summed E-state index contributed by atoms with van der Waals surface area (Å²) in [6, 6.07) is 5.67. The highest BCUT2D eigenvalue weighted by atomic mass is 16.5. The van der Waals surface area contributed by atoms with Crippen LogP contribution in [0.25, 0.3) is 0 Å². The Morgan fingerprint density at radius 1 is 1.45 bits per heavy atom. The molecule has 1 heterocycles. The molecule has 1 aromatic carbocycles. The molecule has 1 atom stereocenters. The third-order valence-electron chi connectivity index (χ3n) is 3.48. The van der Waals surface area contributed by atoms with E-state index in [-0.39, 0.29) is 12.0 Å². The van der Waals surface area contributed by atoms with Gasteiger partial charge in [-0.05, 0) is 24.7 Å². The van der Waals surface area contributed by atoms with Gasteiger partial charge in [0.1, 0.15) is 11.5 Å². The van der Waals surface area contributed by atoms with E-state index in [1.54, 1.807) is 19.1 Å². The first kappa shape index (κ1) is 14.7. The number of methoxy groups -OCH3 is 1. The Balaban J connectivity index is 2.15. The van der Waals surface area contributed by atoms with Gasteiger partial charge in [-0.15, -0.1) is 0 Å². The average molecular weight is 278 g/mol. The summed E-state index contributed by atoms with van der Waals surface area (Å²) in [4.78, 5) is 13.6. The SMILES string of the molecule is CCNCc1cc(OC)ccc1OC1CCN(C)C1=O. The Morgan fingerprint density at radius 2 is 2.25 bits per heavy atom. The lowest BCUT2D eigenvalue weighted by Crippen LogP contribution is -2.29. The second kappa shape index (κ2) is 6.61. The number of hydrogen-bond donors (Lipinski definition) is 1. The molecule has 20 heavy (non-hydrogen) atoms. The molecule has 1 unspecified atom stereocenters. The normalized spacial score (nSPS) is 18.4. The van der Waals surface area contributed by atoms with Crippen LogP contribution in [-0.2, 0) is 11.3 Å². The van der Waals surface area contributed by atoms with Crippen molar-refractivity contribution in [2.24, 2.45) is 0 Å². The maximum atomic E-state index is 11.9. The number of hydrogen-bond acceptors (Lipinski definition) is 4. The highest BCUT2D eigenvalue weighted by Gasteiger charge is 2.31. The number of likely N-dealkylation sites (N-methyl/N-ethyl adjacent to an activating group) is 1. The summed E-state index contributed by atoms with van der Waals surface area (Å²) in [7, 11) is 3.45. The Kier molecular flexibility index (Phi) is 4.84. The lowest BCUT2D eigenvalue weighted by Gasteiger charge is -2.17. The summed E-state index contributed by atoms with van der Waals surface area (Å²) >= 11 is 0. The molecule has 1 aliphatic heterocycles. The van der Waals surface area contributed by atoms with Crippen molar-refractivity contribution in [2.45, 2.75) is 26.0 Å². The van der Waals surface area contributed by atoms with E-state index in [1.807, 2.05) is 18.2 Å². The van der Waals surface area contributed by atoms with Crippen molar-refractivity contribution in [1.82, 2.24) is 10.2 Å². The fourth-order valence-corrected chi connectivity index (χ4v) is 2.25. The van der Waals surface area contributed by atoms with Crippen LogP contribution < -0.4 is 14.8 Å². The molecular formula is C15H22N2O3. The average Bonchev–Trinajstić information content (AvgIpc) is 2.78. The number of likely N-dealkylation sites (tertiary alicyclic amines) is 1. The molecule has 2 rings (SSSR count). The second-order valence-corrected chi connectivity index (χ2v) is 4.91. The van der Waals surface area contributed by atoms with Gasteiger partial charge in [0.2, 0.25) is 0 Å². The summed E-state index contributed by atoms with van der Waals surface area (Å²) in [5.74, 6) is 1.59.